The number of rotatable bonds is 7. The molecule has 0 spiro atoms. The van der Waals surface area contributed by atoms with Crippen molar-refractivity contribution in [3.63, 3.8) is 0 Å². The molecule has 1 saturated heterocycles. The third-order valence-corrected chi connectivity index (χ3v) is 3.92. The Balaban J connectivity index is 1.59. The molecule has 1 aromatic carbocycles. The van der Waals surface area contributed by atoms with Gasteiger partial charge in [0.25, 0.3) is 0 Å². The van der Waals surface area contributed by atoms with Crippen molar-refractivity contribution in [2.24, 2.45) is 5.92 Å². The molecule has 0 saturated carbocycles. The van der Waals surface area contributed by atoms with Gasteiger partial charge in [0.15, 0.2) is 0 Å². The minimum Gasteiger partial charge on any atom is -0.494 e. The van der Waals surface area contributed by atoms with Crippen LogP contribution in [-0.2, 0) is 4.79 Å². The summed E-state index contributed by atoms with van der Waals surface area (Å²) in [6.07, 6.45) is 3.80. The van der Waals surface area contributed by atoms with Crippen molar-refractivity contribution in [1.82, 2.24) is 10.2 Å². The van der Waals surface area contributed by atoms with E-state index >= 15 is 0 Å². The molecule has 0 radical (unpaired) electrons. The predicted molar refractivity (Wildman–Crippen MR) is 84.4 cm³/mol. The lowest BCUT2D eigenvalue weighted by Gasteiger charge is -2.22. The number of benzene rings is 1. The van der Waals surface area contributed by atoms with Gasteiger partial charge in [-0.2, -0.15) is 0 Å². The van der Waals surface area contributed by atoms with Crippen molar-refractivity contribution >= 4 is 5.91 Å². The number of amides is 1. The topological polar surface area (TPSA) is 41.6 Å². The fourth-order valence-electron chi connectivity index (χ4n) is 2.74. The lowest BCUT2D eigenvalue weighted by Crippen LogP contribution is -2.28. The second-order valence-corrected chi connectivity index (χ2v) is 5.82. The minimum atomic E-state index is 0.205. The summed E-state index contributed by atoms with van der Waals surface area (Å²) in [5.74, 6) is 1.77. The third kappa shape index (κ3) is 6.17. The van der Waals surface area contributed by atoms with Gasteiger partial charge in [-0.15, -0.1) is 0 Å². The molecule has 4 nitrogen and oxygen atoms in total. The Bertz CT molecular complexity index is 422. The molecule has 0 bridgehead atoms. The molecule has 1 N–H and O–H groups in total. The first-order valence-electron chi connectivity index (χ1n) is 7.87. The fourth-order valence-corrected chi connectivity index (χ4v) is 2.74. The highest BCUT2D eigenvalue weighted by molar-refractivity contribution is 5.76. The molecule has 1 aliphatic heterocycles. The van der Waals surface area contributed by atoms with E-state index in [-0.39, 0.29) is 5.91 Å². The van der Waals surface area contributed by atoms with Crippen LogP contribution in [0.4, 0.5) is 0 Å². The van der Waals surface area contributed by atoms with Gasteiger partial charge in [0.1, 0.15) is 5.75 Å². The molecule has 1 heterocycles. The number of carbonyl (C=O) groups is 1. The molecule has 1 atom stereocenters. The Kier molecular flexibility index (Phi) is 6.54. The number of para-hydroxylation sites is 1. The normalized spacial score (nSPS) is 19.1. The maximum absolute atomic E-state index is 11.3. The van der Waals surface area contributed by atoms with E-state index in [4.69, 9.17) is 4.74 Å². The van der Waals surface area contributed by atoms with E-state index in [0.29, 0.717) is 12.3 Å². The van der Waals surface area contributed by atoms with Gasteiger partial charge in [-0.3, -0.25) is 4.79 Å². The van der Waals surface area contributed by atoms with Gasteiger partial charge < -0.3 is 15.0 Å². The molecular weight excluding hydrogens is 264 g/mol. The van der Waals surface area contributed by atoms with Gasteiger partial charge in [0.2, 0.25) is 5.91 Å². The number of carbonyl (C=O) groups excluding carboxylic acids is 1. The van der Waals surface area contributed by atoms with Crippen LogP contribution in [0.5, 0.6) is 5.75 Å². The van der Waals surface area contributed by atoms with Crippen LogP contribution in [0.3, 0.4) is 0 Å². The molecule has 2 rings (SSSR count). The van der Waals surface area contributed by atoms with Gasteiger partial charge in [-0.25, -0.2) is 0 Å². The molecule has 1 aromatic rings. The molecule has 1 aliphatic rings. The highest BCUT2D eigenvalue weighted by Gasteiger charge is 2.17. The Morgan fingerprint density at radius 2 is 2.10 bits per heavy atom. The maximum Gasteiger partial charge on any atom is 0.220 e. The second kappa shape index (κ2) is 8.67. The van der Waals surface area contributed by atoms with Gasteiger partial charge in [0, 0.05) is 26.1 Å². The van der Waals surface area contributed by atoms with Crippen molar-refractivity contribution in [3.05, 3.63) is 30.3 Å². The summed E-state index contributed by atoms with van der Waals surface area (Å²) >= 11 is 0. The zero-order valence-electron chi connectivity index (χ0n) is 12.9. The van der Waals surface area contributed by atoms with Gasteiger partial charge >= 0.3 is 0 Å². The van der Waals surface area contributed by atoms with Crippen LogP contribution < -0.4 is 10.1 Å². The fraction of sp³-hybridized carbons (Fsp3) is 0.588. The number of ether oxygens (including phenoxy) is 1. The molecular formula is C17H26N2O2. The SMILES string of the molecule is CN(CCCOc1ccccc1)CC1CCNC(=O)CC1. The largest absolute Gasteiger partial charge is 0.494 e. The van der Waals surface area contributed by atoms with Crippen LogP contribution in [0.25, 0.3) is 0 Å². The summed E-state index contributed by atoms with van der Waals surface area (Å²) < 4.78 is 5.70. The highest BCUT2D eigenvalue weighted by Crippen LogP contribution is 2.15. The second-order valence-electron chi connectivity index (χ2n) is 5.82. The van der Waals surface area contributed by atoms with E-state index in [1.165, 1.54) is 0 Å². The quantitative estimate of drug-likeness (QED) is 0.784. The van der Waals surface area contributed by atoms with Crippen LogP contribution >= 0.6 is 0 Å². The smallest absolute Gasteiger partial charge is 0.220 e. The van der Waals surface area contributed by atoms with E-state index in [1.807, 2.05) is 30.3 Å². The number of nitrogens with zero attached hydrogens (tertiary/aromatic N) is 1. The van der Waals surface area contributed by atoms with E-state index < -0.39 is 0 Å². The standard InChI is InChI=1S/C17H26N2O2/c1-19(14-15-8-9-17(20)18-11-10-15)12-5-13-21-16-6-3-2-4-7-16/h2-4,6-7,15H,5,8-14H2,1H3,(H,18,20). The van der Waals surface area contributed by atoms with E-state index in [2.05, 4.69) is 17.3 Å². The van der Waals surface area contributed by atoms with Crippen LogP contribution in [0.1, 0.15) is 25.7 Å². The van der Waals surface area contributed by atoms with Crippen LogP contribution in [0.15, 0.2) is 30.3 Å². The van der Waals surface area contributed by atoms with Crippen LogP contribution in [0.2, 0.25) is 0 Å². The van der Waals surface area contributed by atoms with Crippen LogP contribution in [0, 0.1) is 5.92 Å². The van der Waals surface area contributed by atoms with Crippen molar-refractivity contribution in [2.75, 3.05) is 33.3 Å². The number of nitrogens with one attached hydrogen (secondary N) is 1. The monoisotopic (exact) mass is 290 g/mol. The molecule has 1 unspecified atom stereocenters. The lowest BCUT2D eigenvalue weighted by molar-refractivity contribution is -0.120. The Hall–Kier alpha value is -1.55. The average Bonchev–Trinajstić information content (AvgIpc) is 2.70. The van der Waals surface area contributed by atoms with Gasteiger partial charge in [-0.05, 0) is 44.4 Å². The van der Waals surface area contributed by atoms with Crippen molar-refractivity contribution < 1.29 is 9.53 Å². The predicted octanol–water partition coefficient (Wildman–Crippen LogP) is 2.30. The Morgan fingerprint density at radius 1 is 1.29 bits per heavy atom. The molecule has 0 aliphatic carbocycles. The minimum absolute atomic E-state index is 0.205. The highest BCUT2D eigenvalue weighted by atomic mass is 16.5. The van der Waals surface area contributed by atoms with Gasteiger partial charge in [0.05, 0.1) is 6.61 Å². The Morgan fingerprint density at radius 3 is 2.90 bits per heavy atom. The van der Waals surface area contributed by atoms with E-state index in [9.17, 15) is 4.79 Å². The molecule has 4 heteroatoms. The average molecular weight is 290 g/mol. The van der Waals surface area contributed by atoms with Crippen molar-refractivity contribution in [1.29, 1.82) is 0 Å². The third-order valence-electron chi connectivity index (χ3n) is 3.92. The zero-order chi connectivity index (χ0) is 14.9. The first-order valence-corrected chi connectivity index (χ1v) is 7.87. The molecule has 1 amide bonds. The molecule has 116 valence electrons. The van der Waals surface area contributed by atoms with E-state index in [1.54, 1.807) is 0 Å². The molecule has 1 fully saturated rings. The van der Waals surface area contributed by atoms with Crippen molar-refractivity contribution in [3.8, 4) is 5.75 Å². The number of hydrogen-bond donors (Lipinski definition) is 1. The summed E-state index contributed by atoms with van der Waals surface area (Å²) in [6.45, 7) is 3.68. The summed E-state index contributed by atoms with van der Waals surface area (Å²) in [5, 5.41) is 2.94. The summed E-state index contributed by atoms with van der Waals surface area (Å²) in [6, 6.07) is 9.94. The van der Waals surface area contributed by atoms with Crippen LogP contribution in [-0.4, -0.2) is 44.1 Å². The van der Waals surface area contributed by atoms with Crippen molar-refractivity contribution in [2.45, 2.75) is 25.7 Å². The van der Waals surface area contributed by atoms with E-state index in [0.717, 1.165) is 51.3 Å². The molecule has 21 heavy (non-hydrogen) atoms. The zero-order valence-corrected chi connectivity index (χ0v) is 12.9. The first kappa shape index (κ1) is 15.8. The summed E-state index contributed by atoms with van der Waals surface area (Å²) in [7, 11) is 2.16. The van der Waals surface area contributed by atoms with Gasteiger partial charge in [-0.1, -0.05) is 18.2 Å². The maximum atomic E-state index is 11.3. The first-order chi connectivity index (χ1) is 10.2. The summed E-state index contributed by atoms with van der Waals surface area (Å²) in [5.41, 5.74) is 0. The Labute approximate surface area is 127 Å². The number of hydrogen-bond acceptors (Lipinski definition) is 3. The molecule has 0 aromatic heterocycles. The summed E-state index contributed by atoms with van der Waals surface area (Å²) in [4.78, 5) is 13.7. The lowest BCUT2D eigenvalue weighted by atomic mass is 10.00.